The van der Waals surface area contributed by atoms with E-state index in [-0.39, 0.29) is 11.7 Å². The van der Waals surface area contributed by atoms with Crippen molar-refractivity contribution < 1.29 is 9.18 Å². The first-order valence-corrected chi connectivity index (χ1v) is 5.89. The van der Waals surface area contributed by atoms with Crippen molar-refractivity contribution in [2.75, 3.05) is 17.7 Å². The molecule has 98 valence electrons. The predicted octanol–water partition coefficient (Wildman–Crippen LogP) is 2.99. The van der Waals surface area contributed by atoms with Crippen LogP contribution in [0.4, 0.5) is 15.8 Å². The summed E-state index contributed by atoms with van der Waals surface area (Å²) in [5.74, 6) is -0.629. The lowest BCUT2D eigenvalue weighted by Crippen LogP contribution is -2.27. The second-order valence-corrected chi connectivity index (χ2v) is 4.38. The van der Waals surface area contributed by atoms with Crippen LogP contribution >= 0.6 is 0 Å². The number of hydrogen-bond donors (Lipinski definition) is 1. The van der Waals surface area contributed by atoms with E-state index >= 15 is 0 Å². The molecule has 2 aromatic rings. The molecule has 4 heteroatoms. The molecule has 0 aliphatic heterocycles. The molecule has 0 radical (unpaired) electrons. The van der Waals surface area contributed by atoms with Gasteiger partial charge in [0.1, 0.15) is 5.82 Å². The highest BCUT2D eigenvalue weighted by atomic mass is 19.1. The van der Waals surface area contributed by atoms with Gasteiger partial charge in [-0.15, -0.1) is 0 Å². The quantitative estimate of drug-likeness (QED) is 0.842. The summed E-state index contributed by atoms with van der Waals surface area (Å²) in [6.45, 7) is 1.82. The fourth-order valence-electron chi connectivity index (χ4n) is 1.95. The molecule has 19 heavy (non-hydrogen) atoms. The molecule has 3 nitrogen and oxygen atoms in total. The Kier molecular flexibility index (Phi) is 3.51. The molecule has 2 aromatic carbocycles. The average Bonchev–Trinajstić information content (AvgIpc) is 2.37. The summed E-state index contributed by atoms with van der Waals surface area (Å²) in [7, 11) is 1.60. The van der Waals surface area contributed by atoms with Crippen LogP contribution in [0, 0.1) is 12.7 Å². The van der Waals surface area contributed by atoms with Gasteiger partial charge in [-0.2, -0.15) is 0 Å². The highest BCUT2D eigenvalue weighted by Gasteiger charge is 2.18. The van der Waals surface area contributed by atoms with Crippen LogP contribution in [0.3, 0.4) is 0 Å². The van der Waals surface area contributed by atoms with E-state index in [1.807, 2.05) is 13.0 Å². The Morgan fingerprint density at radius 2 is 1.89 bits per heavy atom. The van der Waals surface area contributed by atoms with Crippen LogP contribution in [-0.2, 0) is 0 Å². The minimum atomic E-state index is -0.380. The third kappa shape index (κ3) is 2.57. The normalized spacial score (nSPS) is 10.3. The van der Waals surface area contributed by atoms with Crippen LogP contribution in [-0.4, -0.2) is 13.0 Å². The largest absolute Gasteiger partial charge is 0.398 e. The van der Waals surface area contributed by atoms with Crippen molar-refractivity contribution in [2.24, 2.45) is 0 Å². The van der Waals surface area contributed by atoms with E-state index in [1.165, 1.54) is 17.0 Å². The summed E-state index contributed by atoms with van der Waals surface area (Å²) in [5, 5.41) is 0. The number of hydrogen-bond acceptors (Lipinski definition) is 2. The minimum Gasteiger partial charge on any atom is -0.398 e. The Morgan fingerprint density at radius 3 is 2.53 bits per heavy atom. The van der Waals surface area contributed by atoms with Crippen molar-refractivity contribution >= 4 is 17.3 Å². The second kappa shape index (κ2) is 5.10. The topological polar surface area (TPSA) is 46.3 Å². The third-order valence-corrected chi connectivity index (χ3v) is 3.02. The smallest absolute Gasteiger partial charge is 0.260 e. The standard InChI is InChI=1S/C15H15FN2O/c1-10-5-3-8-13(17)14(10)15(19)18(2)12-7-4-6-11(16)9-12/h3-9H,17H2,1-2H3. The molecule has 2 rings (SSSR count). The van der Waals surface area contributed by atoms with E-state index in [9.17, 15) is 9.18 Å². The number of benzene rings is 2. The Morgan fingerprint density at radius 1 is 1.21 bits per heavy atom. The van der Waals surface area contributed by atoms with Gasteiger partial charge in [-0.1, -0.05) is 18.2 Å². The summed E-state index contributed by atoms with van der Waals surface area (Å²) in [6, 6.07) is 11.2. The number of carbonyl (C=O) groups excluding carboxylic acids is 1. The van der Waals surface area contributed by atoms with Gasteiger partial charge in [0.2, 0.25) is 0 Å². The Hall–Kier alpha value is -2.36. The number of nitrogens with two attached hydrogens (primary N) is 1. The fraction of sp³-hybridized carbons (Fsp3) is 0.133. The molecule has 0 saturated carbocycles. The highest BCUT2D eigenvalue weighted by Crippen LogP contribution is 2.22. The maximum atomic E-state index is 13.2. The zero-order valence-corrected chi connectivity index (χ0v) is 10.9. The summed E-state index contributed by atoms with van der Waals surface area (Å²) in [5.41, 5.74) is 8.02. The van der Waals surface area contributed by atoms with Crippen LogP contribution in [0.2, 0.25) is 0 Å². The summed E-state index contributed by atoms with van der Waals surface area (Å²) in [4.78, 5) is 13.8. The van der Waals surface area contributed by atoms with Crippen molar-refractivity contribution in [2.45, 2.75) is 6.92 Å². The minimum absolute atomic E-state index is 0.249. The van der Waals surface area contributed by atoms with Gasteiger partial charge in [0.05, 0.1) is 5.56 Å². The molecule has 0 bridgehead atoms. The van der Waals surface area contributed by atoms with E-state index in [2.05, 4.69) is 0 Å². The second-order valence-electron chi connectivity index (χ2n) is 4.38. The van der Waals surface area contributed by atoms with E-state index in [4.69, 9.17) is 5.73 Å². The molecule has 0 aliphatic rings. The molecule has 0 heterocycles. The SMILES string of the molecule is Cc1cccc(N)c1C(=O)N(C)c1cccc(F)c1. The van der Waals surface area contributed by atoms with Crippen LogP contribution in [0.1, 0.15) is 15.9 Å². The number of amides is 1. The number of nitrogens with zero attached hydrogens (tertiary/aromatic N) is 1. The molecule has 0 unspecified atom stereocenters. The maximum Gasteiger partial charge on any atom is 0.260 e. The Balaban J connectivity index is 2.39. The molecule has 0 saturated heterocycles. The van der Waals surface area contributed by atoms with Gasteiger partial charge in [-0.05, 0) is 36.8 Å². The van der Waals surface area contributed by atoms with Crippen LogP contribution in [0.15, 0.2) is 42.5 Å². The van der Waals surface area contributed by atoms with E-state index < -0.39 is 0 Å². The van der Waals surface area contributed by atoms with E-state index in [1.54, 1.807) is 31.3 Å². The first-order chi connectivity index (χ1) is 9.00. The maximum absolute atomic E-state index is 13.2. The van der Waals surface area contributed by atoms with E-state index in [0.717, 1.165) is 5.56 Å². The number of rotatable bonds is 2. The molecule has 0 atom stereocenters. The van der Waals surface area contributed by atoms with Crippen molar-refractivity contribution in [1.29, 1.82) is 0 Å². The van der Waals surface area contributed by atoms with Gasteiger partial charge in [0.25, 0.3) is 5.91 Å². The van der Waals surface area contributed by atoms with Crippen molar-refractivity contribution in [3.8, 4) is 0 Å². The summed E-state index contributed by atoms with van der Waals surface area (Å²) < 4.78 is 13.2. The van der Waals surface area contributed by atoms with Crippen molar-refractivity contribution in [3.63, 3.8) is 0 Å². The predicted molar refractivity (Wildman–Crippen MR) is 74.7 cm³/mol. The lowest BCUT2D eigenvalue weighted by atomic mass is 10.1. The van der Waals surface area contributed by atoms with Gasteiger partial charge in [-0.25, -0.2) is 4.39 Å². The van der Waals surface area contributed by atoms with Gasteiger partial charge in [0.15, 0.2) is 0 Å². The number of nitrogen functional groups attached to an aromatic ring is 1. The Bertz CT molecular complexity index is 605. The Labute approximate surface area is 111 Å². The molecule has 1 amide bonds. The molecule has 0 aliphatic carbocycles. The average molecular weight is 258 g/mol. The number of anilines is 2. The van der Waals surface area contributed by atoms with Gasteiger partial charge < -0.3 is 10.6 Å². The summed E-state index contributed by atoms with van der Waals surface area (Å²) >= 11 is 0. The first-order valence-electron chi connectivity index (χ1n) is 5.89. The molecular weight excluding hydrogens is 243 g/mol. The molecular formula is C15H15FN2O. The van der Waals surface area contributed by atoms with Gasteiger partial charge in [-0.3, -0.25) is 4.79 Å². The lowest BCUT2D eigenvalue weighted by molar-refractivity contribution is 0.0993. The molecule has 0 spiro atoms. The van der Waals surface area contributed by atoms with Gasteiger partial charge >= 0.3 is 0 Å². The van der Waals surface area contributed by atoms with Gasteiger partial charge in [0, 0.05) is 18.4 Å². The number of carbonyl (C=O) groups is 1. The fourth-order valence-corrected chi connectivity index (χ4v) is 1.95. The lowest BCUT2D eigenvalue weighted by Gasteiger charge is -2.19. The van der Waals surface area contributed by atoms with Crippen LogP contribution in [0.25, 0.3) is 0 Å². The number of halogens is 1. The molecule has 2 N–H and O–H groups in total. The first kappa shape index (κ1) is 13.1. The molecule has 0 fully saturated rings. The monoisotopic (exact) mass is 258 g/mol. The molecule has 0 aromatic heterocycles. The highest BCUT2D eigenvalue weighted by molar-refractivity contribution is 6.09. The van der Waals surface area contributed by atoms with Crippen LogP contribution in [0.5, 0.6) is 0 Å². The number of aryl methyl sites for hydroxylation is 1. The third-order valence-electron chi connectivity index (χ3n) is 3.02. The van der Waals surface area contributed by atoms with E-state index in [0.29, 0.717) is 16.9 Å². The zero-order valence-electron chi connectivity index (χ0n) is 10.9. The summed E-state index contributed by atoms with van der Waals surface area (Å²) in [6.07, 6.45) is 0. The van der Waals surface area contributed by atoms with Crippen molar-refractivity contribution in [3.05, 3.63) is 59.4 Å². The van der Waals surface area contributed by atoms with Crippen molar-refractivity contribution in [1.82, 2.24) is 0 Å². The van der Waals surface area contributed by atoms with Crippen LogP contribution < -0.4 is 10.6 Å². The zero-order chi connectivity index (χ0) is 14.0.